The number of rotatable bonds is 7. The van der Waals surface area contributed by atoms with Crippen LogP contribution in [0.15, 0.2) is 9.00 Å². The molecule has 8 heteroatoms. The van der Waals surface area contributed by atoms with Crippen molar-refractivity contribution in [3.05, 3.63) is 15.4 Å². The molecule has 1 heterocycles. The number of hydrogen-bond donors (Lipinski definition) is 2. The van der Waals surface area contributed by atoms with Gasteiger partial charge < -0.3 is 4.98 Å². The number of H-pyrrole nitrogens is 1. The molecule has 5 nitrogen and oxygen atoms in total. The van der Waals surface area contributed by atoms with Gasteiger partial charge >= 0.3 is 4.87 Å². The second-order valence-corrected chi connectivity index (χ2v) is 8.22. The summed E-state index contributed by atoms with van der Waals surface area (Å²) in [6.45, 7) is 5.49. The summed E-state index contributed by atoms with van der Waals surface area (Å²) in [5, 5.41) is 0. The quantitative estimate of drug-likeness (QED) is 0.749. The van der Waals surface area contributed by atoms with E-state index < -0.39 is 10.0 Å². The molecule has 0 aliphatic heterocycles. The Balaban J connectivity index is 2.70. The summed E-state index contributed by atoms with van der Waals surface area (Å²) in [7, 11) is -3.58. The van der Waals surface area contributed by atoms with Gasteiger partial charge in [0, 0.05) is 11.7 Å². The van der Waals surface area contributed by atoms with Crippen molar-refractivity contribution in [2.75, 3.05) is 11.5 Å². The van der Waals surface area contributed by atoms with Crippen LogP contribution in [-0.2, 0) is 10.0 Å². The third-order valence-electron chi connectivity index (χ3n) is 2.28. The molecule has 0 fully saturated rings. The van der Waals surface area contributed by atoms with Crippen LogP contribution < -0.4 is 9.60 Å². The minimum absolute atomic E-state index is 0.0856. The molecule has 1 aromatic heterocycles. The normalized spacial score (nSPS) is 13.7. The van der Waals surface area contributed by atoms with Crippen molar-refractivity contribution in [1.29, 1.82) is 0 Å². The van der Waals surface area contributed by atoms with Gasteiger partial charge in [0.25, 0.3) is 10.0 Å². The van der Waals surface area contributed by atoms with E-state index in [-0.39, 0.29) is 15.1 Å². The van der Waals surface area contributed by atoms with Crippen molar-refractivity contribution >= 4 is 33.1 Å². The Kier molecular flexibility index (Phi) is 5.90. The number of hydrogen-bond acceptors (Lipinski definition) is 5. The smallest absolute Gasteiger partial charge is 0.305 e. The molecule has 1 rings (SSSR count). The van der Waals surface area contributed by atoms with Gasteiger partial charge in [0.05, 0.1) is 0 Å². The third-order valence-corrected chi connectivity index (χ3v) is 6.41. The lowest BCUT2D eigenvalue weighted by molar-refractivity contribution is 0.558. The number of aromatic amines is 1. The van der Waals surface area contributed by atoms with E-state index in [1.165, 1.54) is 0 Å². The molecule has 0 aromatic carbocycles. The zero-order chi connectivity index (χ0) is 13.8. The lowest BCUT2D eigenvalue weighted by Gasteiger charge is -2.13. The Morgan fingerprint density at radius 3 is 2.67 bits per heavy atom. The van der Waals surface area contributed by atoms with Crippen LogP contribution in [0.4, 0.5) is 0 Å². The first kappa shape index (κ1) is 15.7. The van der Waals surface area contributed by atoms with E-state index in [0.717, 1.165) is 29.3 Å². The number of thioether (sulfide) groups is 1. The molecule has 104 valence electrons. The van der Waals surface area contributed by atoms with E-state index in [4.69, 9.17) is 0 Å². The first-order valence-corrected chi connectivity index (χ1v) is 9.12. The van der Waals surface area contributed by atoms with Crippen LogP contribution >= 0.6 is 23.1 Å². The molecule has 1 unspecified atom stereocenters. The second-order valence-electron chi connectivity index (χ2n) is 3.93. The van der Waals surface area contributed by atoms with Gasteiger partial charge in [0.15, 0.2) is 4.21 Å². The highest BCUT2D eigenvalue weighted by molar-refractivity contribution is 7.99. The number of sulfonamides is 1. The Bertz CT molecular complexity index is 533. The lowest BCUT2D eigenvalue weighted by Crippen LogP contribution is -2.32. The molecule has 0 saturated heterocycles. The highest BCUT2D eigenvalue weighted by Gasteiger charge is 2.22. The number of aryl methyl sites for hydroxylation is 1. The van der Waals surface area contributed by atoms with Crippen molar-refractivity contribution in [3.63, 3.8) is 0 Å². The fraction of sp³-hybridized carbons (Fsp3) is 0.700. The topological polar surface area (TPSA) is 79.0 Å². The summed E-state index contributed by atoms with van der Waals surface area (Å²) in [5.41, 5.74) is 0.396. The molecule has 1 atom stereocenters. The van der Waals surface area contributed by atoms with Crippen molar-refractivity contribution in [3.8, 4) is 0 Å². The van der Waals surface area contributed by atoms with Gasteiger partial charge in [-0.15, -0.1) is 0 Å². The Morgan fingerprint density at radius 1 is 1.50 bits per heavy atom. The molecule has 0 bridgehead atoms. The van der Waals surface area contributed by atoms with Crippen LogP contribution in [0.1, 0.15) is 26.0 Å². The maximum Gasteiger partial charge on any atom is 0.305 e. The average molecular weight is 310 g/mol. The first-order valence-electron chi connectivity index (χ1n) is 5.66. The van der Waals surface area contributed by atoms with Crippen molar-refractivity contribution in [2.24, 2.45) is 0 Å². The Hall–Kier alpha value is -0.310. The zero-order valence-corrected chi connectivity index (χ0v) is 13.1. The monoisotopic (exact) mass is 310 g/mol. The summed E-state index contributed by atoms with van der Waals surface area (Å²) >= 11 is 2.50. The van der Waals surface area contributed by atoms with Gasteiger partial charge in [0.2, 0.25) is 0 Å². The van der Waals surface area contributed by atoms with Crippen molar-refractivity contribution in [1.82, 2.24) is 9.71 Å². The van der Waals surface area contributed by atoms with Gasteiger partial charge in [0.1, 0.15) is 0 Å². The molecular weight excluding hydrogens is 292 g/mol. The Labute approximate surface area is 115 Å². The van der Waals surface area contributed by atoms with Crippen molar-refractivity contribution < 1.29 is 8.42 Å². The van der Waals surface area contributed by atoms with Gasteiger partial charge in [-0.2, -0.15) is 11.8 Å². The van der Waals surface area contributed by atoms with Crippen LogP contribution in [-0.4, -0.2) is 30.9 Å². The van der Waals surface area contributed by atoms with Gasteiger partial charge in [-0.3, -0.25) is 4.79 Å². The minimum Gasteiger partial charge on any atom is -0.315 e. The van der Waals surface area contributed by atoms with E-state index in [1.54, 1.807) is 18.7 Å². The fourth-order valence-corrected chi connectivity index (χ4v) is 4.83. The van der Waals surface area contributed by atoms with Crippen molar-refractivity contribution in [2.45, 2.75) is 37.4 Å². The van der Waals surface area contributed by atoms with E-state index in [0.29, 0.717) is 5.69 Å². The fourth-order valence-electron chi connectivity index (χ4n) is 1.43. The molecule has 0 aliphatic rings. The molecule has 0 saturated carbocycles. The first-order chi connectivity index (χ1) is 8.36. The molecule has 0 aliphatic carbocycles. The van der Waals surface area contributed by atoms with E-state index in [9.17, 15) is 13.2 Å². The predicted molar refractivity (Wildman–Crippen MR) is 77.1 cm³/mol. The molecule has 0 amide bonds. The third kappa shape index (κ3) is 4.42. The van der Waals surface area contributed by atoms with Crippen LogP contribution in [0.25, 0.3) is 0 Å². The van der Waals surface area contributed by atoms with E-state index in [1.807, 2.05) is 6.92 Å². The predicted octanol–water partition coefficient (Wildman–Crippen LogP) is 1.55. The van der Waals surface area contributed by atoms with Crippen LogP contribution in [0.5, 0.6) is 0 Å². The molecule has 0 radical (unpaired) electrons. The van der Waals surface area contributed by atoms with E-state index in [2.05, 4.69) is 16.6 Å². The van der Waals surface area contributed by atoms with E-state index >= 15 is 0 Å². The van der Waals surface area contributed by atoms with Gasteiger partial charge in [-0.1, -0.05) is 18.3 Å². The number of thiazole rings is 1. The largest absolute Gasteiger partial charge is 0.315 e. The Morgan fingerprint density at radius 2 is 2.17 bits per heavy atom. The number of aromatic nitrogens is 1. The van der Waals surface area contributed by atoms with Crippen LogP contribution in [0.2, 0.25) is 0 Å². The maximum atomic E-state index is 12.0. The molecular formula is C10H18N2O3S3. The SMILES string of the molecule is CCSCCC(C)NS(=O)(=O)c1sc(=O)[nH]c1C. The standard InChI is InChI=1S/C10H18N2O3S3/c1-4-16-6-5-7(2)12-18(14,15)9-8(3)11-10(13)17-9/h7,12H,4-6H2,1-3H3,(H,11,13). The highest BCUT2D eigenvalue weighted by Crippen LogP contribution is 2.16. The average Bonchev–Trinajstić information content (AvgIpc) is 2.58. The zero-order valence-electron chi connectivity index (χ0n) is 10.6. The van der Waals surface area contributed by atoms with Crippen LogP contribution in [0, 0.1) is 6.92 Å². The summed E-state index contributed by atoms with van der Waals surface area (Å²) < 4.78 is 26.8. The van der Waals surface area contributed by atoms with Gasteiger partial charge in [-0.05, 0) is 31.8 Å². The highest BCUT2D eigenvalue weighted by atomic mass is 32.2. The van der Waals surface area contributed by atoms with Crippen LogP contribution in [0.3, 0.4) is 0 Å². The molecule has 1 aromatic rings. The maximum absolute atomic E-state index is 12.0. The minimum atomic E-state index is -3.58. The van der Waals surface area contributed by atoms with Gasteiger partial charge in [-0.25, -0.2) is 13.1 Å². The summed E-state index contributed by atoms with van der Waals surface area (Å²) in [4.78, 5) is 13.3. The summed E-state index contributed by atoms with van der Waals surface area (Å²) in [5.74, 6) is 1.94. The summed E-state index contributed by atoms with van der Waals surface area (Å²) in [6.07, 6.45) is 0.774. The molecule has 0 spiro atoms. The second kappa shape index (κ2) is 6.74. The lowest BCUT2D eigenvalue weighted by atomic mass is 10.3. The number of nitrogens with one attached hydrogen (secondary N) is 2. The summed E-state index contributed by atoms with van der Waals surface area (Å²) in [6, 6.07) is -0.134. The molecule has 18 heavy (non-hydrogen) atoms. The molecule has 2 N–H and O–H groups in total.